The lowest BCUT2D eigenvalue weighted by Gasteiger charge is -2.23. The Morgan fingerprint density at radius 1 is 0.172 bits per heavy atom. The molecule has 1 aliphatic rings. The Bertz CT molecular complexity index is 6170. The smallest absolute Gasteiger partial charge is 0.0159 e. The SMILES string of the molecule is CC1(C)c2cc(-c3ccc(-c4ccc5ccc6cccc7ccc4c5c67)cc3)ccc2-c2ccc(-c3ccc4ccc5cccc6ccc3c4c56)cc21.c1cc(-c2ccc3ccccc3c2)cc(-c2c3ccccc3c(-c3ccc4ccccc4c3)c3ccccc23)c1. The number of fused-ring (bicyclic) bond motifs is 7. The summed E-state index contributed by atoms with van der Waals surface area (Å²) >= 11 is 0. The molecule has 0 bridgehead atoms. The lowest BCUT2D eigenvalue weighted by molar-refractivity contribution is 0.661. The molecular weight excluding hydrogens is 1120 g/mol. The maximum Gasteiger partial charge on any atom is 0.0159 e. The molecule has 0 radical (unpaired) electrons. The van der Waals surface area contributed by atoms with Crippen molar-refractivity contribution in [3.63, 3.8) is 0 Å². The first-order valence-electron chi connectivity index (χ1n) is 32.6. The summed E-state index contributed by atoms with van der Waals surface area (Å²) in [5.41, 5.74) is 20.5. The molecule has 0 amide bonds. The fourth-order valence-corrected chi connectivity index (χ4v) is 16.2. The van der Waals surface area contributed by atoms with Crippen LogP contribution in [0.25, 0.3) is 186 Å². The normalized spacial score (nSPS) is 12.7. The van der Waals surface area contributed by atoms with E-state index in [4.69, 9.17) is 0 Å². The van der Waals surface area contributed by atoms with Crippen LogP contribution in [-0.2, 0) is 5.41 Å². The molecule has 93 heavy (non-hydrogen) atoms. The first-order valence-corrected chi connectivity index (χ1v) is 32.6. The Balaban J connectivity index is 0.000000138. The largest absolute Gasteiger partial charge is 0.0616 e. The van der Waals surface area contributed by atoms with Crippen molar-refractivity contribution in [1.82, 2.24) is 0 Å². The van der Waals surface area contributed by atoms with E-state index in [0.29, 0.717) is 0 Å². The Labute approximate surface area is 540 Å². The molecule has 0 aliphatic heterocycles. The molecule has 0 heteroatoms. The third-order valence-electron chi connectivity index (χ3n) is 20.8. The topological polar surface area (TPSA) is 0 Å². The maximum absolute atomic E-state index is 2.46. The fourth-order valence-electron chi connectivity index (χ4n) is 16.2. The summed E-state index contributed by atoms with van der Waals surface area (Å²) in [6, 6.07) is 122. The Morgan fingerprint density at radius 3 is 1.02 bits per heavy atom. The van der Waals surface area contributed by atoms with Crippen LogP contribution in [0.2, 0.25) is 0 Å². The quantitative estimate of drug-likeness (QED) is 0.115. The third kappa shape index (κ3) is 8.39. The molecule has 0 spiro atoms. The van der Waals surface area contributed by atoms with Gasteiger partial charge in [0.15, 0.2) is 0 Å². The number of rotatable bonds is 6. The van der Waals surface area contributed by atoms with Crippen LogP contribution >= 0.6 is 0 Å². The Hall–Kier alpha value is -11.7. The third-order valence-corrected chi connectivity index (χ3v) is 20.8. The molecule has 19 aromatic rings. The average molecular weight is 1180 g/mol. The van der Waals surface area contributed by atoms with Gasteiger partial charge in [0.2, 0.25) is 0 Å². The summed E-state index contributed by atoms with van der Waals surface area (Å²) in [5.74, 6) is 0. The van der Waals surface area contributed by atoms with Gasteiger partial charge in [-0.2, -0.15) is 0 Å². The Kier molecular flexibility index (Phi) is 11.8. The minimum atomic E-state index is -0.123. The minimum absolute atomic E-state index is 0.123. The van der Waals surface area contributed by atoms with Crippen molar-refractivity contribution in [3.8, 4) is 77.9 Å². The van der Waals surface area contributed by atoms with Gasteiger partial charge in [-0.3, -0.25) is 0 Å². The molecule has 0 N–H and O–H groups in total. The van der Waals surface area contributed by atoms with Gasteiger partial charge in [0, 0.05) is 5.41 Å². The second kappa shape index (κ2) is 20.7. The molecule has 0 nitrogen and oxygen atoms in total. The molecule has 432 valence electrons. The van der Waals surface area contributed by atoms with E-state index >= 15 is 0 Å². The monoisotopic (exact) mass is 1180 g/mol. The second-order valence-electron chi connectivity index (χ2n) is 26.2. The van der Waals surface area contributed by atoms with Crippen molar-refractivity contribution in [2.24, 2.45) is 0 Å². The average Bonchev–Trinajstić information content (AvgIpc) is 1.71. The summed E-state index contributed by atoms with van der Waals surface area (Å²) in [5, 5.41) is 26.1. The van der Waals surface area contributed by atoms with Gasteiger partial charge in [-0.15, -0.1) is 0 Å². The highest BCUT2D eigenvalue weighted by atomic mass is 14.4. The van der Waals surface area contributed by atoms with Crippen molar-refractivity contribution in [1.29, 1.82) is 0 Å². The van der Waals surface area contributed by atoms with Gasteiger partial charge < -0.3 is 0 Å². The maximum atomic E-state index is 2.46. The van der Waals surface area contributed by atoms with Gasteiger partial charge in [-0.05, 0) is 227 Å². The van der Waals surface area contributed by atoms with Crippen LogP contribution in [0.5, 0.6) is 0 Å². The van der Waals surface area contributed by atoms with Gasteiger partial charge in [-0.25, -0.2) is 0 Å². The predicted octanol–water partition coefficient (Wildman–Crippen LogP) is 26.1. The number of hydrogen-bond donors (Lipinski definition) is 0. The van der Waals surface area contributed by atoms with Crippen LogP contribution < -0.4 is 0 Å². The lowest BCUT2D eigenvalue weighted by Crippen LogP contribution is -2.15. The van der Waals surface area contributed by atoms with Crippen LogP contribution in [0.4, 0.5) is 0 Å². The molecule has 0 fully saturated rings. The van der Waals surface area contributed by atoms with Gasteiger partial charge in [0.05, 0.1) is 0 Å². The molecule has 0 saturated heterocycles. The van der Waals surface area contributed by atoms with E-state index < -0.39 is 0 Å². The summed E-state index contributed by atoms with van der Waals surface area (Å²) < 4.78 is 0. The zero-order chi connectivity index (χ0) is 61.5. The fraction of sp³-hybridized carbons (Fsp3) is 0.0323. The molecule has 0 atom stereocenters. The van der Waals surface area contributed by atoms with Crippen molar-refractivity contribution in [2.45, 2.75) is 19.3 Å². The van der Waals surface area contributed by atoms with Crippen LogP contribution in [0.1, 0.15) is 25.0 Å². The molecule has 0 aromatic heterocycles. The molecular formula is C93H60. The minimum Gasteiger partial charge on any atom is -0.0616 e. The van der Waals surface area contributed by atoms with Gasteiger partial charge in [-0.1, -0.05) is 311 Å². The van der Waals surface area contributed by atoms with E-state index in [9.17, 15) is 0 Å². The highest BCUT2D eigenvalue weighted by molar-refractivity contribution is 6.27. The molecule has 19 aromatic carbocycles. The zero-order valence-electron chi connectivity index (χ0n) is 51.7. The predicted molar refractivity (Wildman–Crippen MR) is 400 cm³/mol. The van der Waals surface area contributed by atoms with Crippen LogP contribution in [0.3, 0.4) is 0 Å². The van der Waals surface area contributed by atoms with E-state index in [1.54, 1.807) is 0 Å². The van der Waals surface area contributed by atoms with E-state index in [-0.39, 0.29) is 5.41 Å². The van der Waals surface area contributed by atoms with Gasteiger partial charge >= 0.3 is 0 Å². The van der Waals surface area contributed by atoms with Gasteiger partial charge in [0.25, 0.3) is 0 Å². The number of benzene rings is 19. The molecule has 0 unspecified atom stereocenters. The summed E-state index contributed by atoms with van der Waals surface area (Å²) in [4.78, 5) is 0. The molecule has 0 saturated carbocycles. The van der Waals surface area contributed by atoms with Crippen LogP contribution in [0, 0.1) is 0 Å². The van der Waals surface area contributed by atoms with E-state index in [0.717, 1.165) is 0 Å². The van der Waals surface area contributed by atoms with Gasteiger partial charge in [0.1, 0.15) is 0 Å². The lowest BCUT2D eigenvalue weighted by atomic mass is 9.80. The zero-order valence-corrected chi connectivity index (χ0v) is 51.7. The van der Waals surface area contributed by atoms with Crippen molar-refractivity contribution >= 4 is 108 Å². The Morgan fingerprint density at radius 2 is 0.484 bits per heavy atom. The van der Waals surface area contributed by atoms with E-state index in [2.05, 4.69) is 341 Å². The first kappa shape index (κ1) is 53.2. The summed E-state index contributed by atoms with van der Waals surface area (Å²) in [6.07, 6.45) is 0. The molecule has 1 aliphatic carbocycles. The molecule has 0 heterocycles. The highest BCUT2D eigenvalue weighted by Crippen LogP contribution is 2.52. The molecule has 20 rings (SSSR count). The summed E-state index contributed by atoms with van der Waals surface area (Å²) in [6.45, 7) is 4.79. The van der Waals surface area contributed by atoms with E-state index in [1.165, 1.54) is 197 Å². The first-order chi connectivity index (χ1) is 45.8. The number of hydrogen-bond acceptors (Lipinski definition) is 0. The van der Waals surface area contributed by atoms with Crippen LogP contribution in [0.15, 0.2) is 328 Å². The van der Waals surface area contributed by atoms with Crippen molar-refractivity contribution in [3.05, 3.63) is 339 Å². The van der Waals surface area contributed by atoms with Crippen molar-refractivity contribution in [2.75, 3.05) is 0 Å². The highest BCUT2D eigenvalue weighted by Gasteiger charge is 2.36. The van der Waals surface area contributed by atoms with E-state index in [1.807, 2.05) is 0 Å². The standard InChI is InChI=1S/C53H34.C40H26/c1-53(2)47-29-39(31-9-11-32(12-10-31)41-23-17-37-15-13-33-5-3-7-35-19-27-45(41)51(37)49(33)35)21-25-43(47)44-26-22-40(30-48(44)53)42-24-18-38-16-14-34-6-4-8-36-20-28-46(42)52(38)50(34)36;1-3-12-29-24-32(22-20-27(29)10-1)31-14-9-15-33(26-31)39-35-16-5-7-18-37(35)40(38-19-8-6-17-36(38)39)34-23-21-28-11-2-4-13-30(28)25-34/h3-30H,1-2H3;1-26H. The summed E-state index contributed by atoms with van der Waals surface area (Å²) in [7, 11) is 0. The second-order valence-corrected chi connectivity index (χ2v) is 26.2. The van der Waals surface area contributed by atoms with Crippen LogP contribution in [-0.4, -0.2) is 0 Å². The van der Waals surface area contributed by atoms with Crippen molar-refractivity contribution < 1.29 is 0 Å².